The first-order valence-electron chi connectivity index (χ1n) is 3.78. The third-order valence-electron chi connectivity index (χ3n) is 1.43. The SMILES string of the molecule is CCOP1Oc2ccccc2O1. The molecule has 64 valence electrons. The summed E-state index contributed by atoms with van der Waals surface area (Å²) in [6, 6.07) is 7.56. The maximum atomic E-state index is 5.37. The summed E-state index contributed by atoms with van der Waals surface area (Å²) < 4.78 is 15.9. The van der Waals surface area contributed by atoms with Crippen LogP contribution in [0.3, 0.4) is 0 Å². The standard InChI is InChI=1S/C8H9O3P/c1-2-9-12-10-7-5-3-4-6-8(7)11-12/h3-6H,2H2,1H3. The topological polar surface area (TPSA) is 27.7 Å². The molecule has 0 saturated carbocycles. The lowest BCUT2D eigenvalue weighted by atomic mass is 10.3. The molecule has 4 heteroatoms. The van der Waals surface area contributed by atoms with Crippen molar-refractivity contribution in [2.24, 2.45) is 0 Å². The van der Waals surface area contributed by atoms with Gasteiger partial charge in [-0.25, -0.2) is 0 Å². The lowest BCUT2D eigenvalue weighted by Crippen LogP contribution is -1.90. The van der Waals surface area contributed by atoms with Crippen molar-refractivity contribution in [3.63, 3.8) is 0 Å². The Hall–Kier alpha value is -0.790. The second-order valence-corrected chi connectivity index (χ2v) is 3.34. The fourth-order valence-electron chi connectivity index (χ4n) is 0.938. The second kappa shape index (κ2) is 3.30. The first-order chi connectivity index (χ1) is 5.90. The van der Waals surface area contributed by atoms with Gasteiger partial charge in [0, 0.05) is 0 Å². The zero-order valence-electron chi connectivity index (χ0n) is 6.69. The van der Waals surface area contributed by atoms with E-state index in [0.717, 1.165) is 11.5 Å². The Kier molecular flexibility index (Phi) is 2.15. The van der Waals surface area contributed by atoms with Crippen LogP contribution in [-0.4, -0.2) is 6.61 Å². The van der Waals surface area contributed by atoms with Crippen molar-refractivity contribution in [1.29, 1.82) is 0 Å². The molecule has 0 atom stereocenters. The van der Waals surface area contributed by atoms with Gasteiger partial charge in [-0.05, 0) is 19.1 Å². The zero-order valence-corrected chi connectivity index (χ0v) is 7.58. The highest BCUT2D eigenvalue weighted by Gasteiger charge is 2.26. The summed E-state index contributed by atoms with van der Waals surface area (Å²) in [6.45, 7) is 2.53. The summed E-state index contributed by atoms with van der Waals surface area (Å²) >= 11 is 0. The summed E-state index contributed by atoms with van der Waals surface area (Å²) in [5.41, 5.74) is 0. The molecule has 0 aliphatic carbocycles. The van der Waals surface area contributed by atoms with Gasteiger partial charge in [0.05, 0.1) is 6.61 Å². The molecule has 0 N–H and O–H groups in total. The summed E-state index contributed by atoms with van der Waals surface area (Å²) in [4.78, 5) is 0. The molecule has 0 fully saturated rings. The van der Waals surface area contributed by atoms with Gasteiger partial charge in [0.15, 0.2) is 11.5 Å². The average molecular weight is 184 g/mol. The Labute approximate surface area is 72.3 Å². The molecule has 3 nitrogen and oxygen atoms in total. The lowest BCUT2D eigenvalue weighted by Gasteiger charge is -2.04. The molecule has 0 radical (unpaired) electrons. The van der Waals surface area contributed by atoms with Crippen LogP contribution in [0.4, 0.5) is 0 Å². The number of fused-ring (bicyclic) bond motifs is 1. The highest BCUT2D eigenvalue weighted by Crippen LogP contribution is 2.52. The van der Waals surface area contributed by atoms with Crippen molar-refractivity contribution in [3.05, 3.63) is 24.3 Å². The lowest BCUT2D eigenvalue weighted by molar-refractivity contribution is 0.300. The van der Waals surface area contributed by atoms with E-state index in [4.69, 9.17) is 13.6 Å². The van der Waals surface area contributed by atoms with Crippen LogP contribution in [0.25, 0.3) is 0 Å². The maximum absolute atomic E-state index is 5.37. The predicted octanol–water partition coefficient (Wildman–Crippen LogP) is 2.72. The van der Waals surface area contributed by atoms with Crippen LogP contribution in [0.1, 0.15) is 6.92 Å². The molecule has 0 amide bonds. The molecule has 0 unspecified atom stereocenters. The van der Waals surface area contributed by atoms with Gasteiger partial charge in [0.1, 0.15) is 0 Å². The summed E-state index contributed by atoms with van der Waals surface area (Å²) in [7, 11) is -1.17. The highest BCUT2D eigenvalue weighted by atomic mass is 31.2. The second-order valence-electron chi connectivity index (χ2n) is 2.27. The molecule has 0 saturated heterocycles. The van der Waals surface area contributed by atoms with E-state index in [-0.39, 0.29) is 0 Å². The quantitative estimate of drug-likeness (QED) is 0.661. The smallest absolute Gasteiger partial charge is 0.414 e. The molecule has 0 aromatic heterocycles. The average Bonchev–Trinajstić information content (AvgIpc) is 2.47. The first kappa shape index (κ1) is 7.84. The highest BCUT2D eigenvalue weighted by molar-refractivity contribution is 7.43. The van der Waals surface area contributed by atoms with Crippen molar-refractivity contribution >= 4 is 8.60 Å². The Balaban J connectivity index is 2.11. The number of hydrogen-bond acceptors (Lipinski definition) is 3. The minimum Gasteiger partial charge on any atom is -0.414 e. The molecule has 1 aromatic rings. The van der Waals surface area contributed by atoms with Crippen LogP contribution in [0.15, 0.2) is 24.3 Å². The van der Waals surface area contributed by atoms with Crippen LogP contribution in [-0.2, 0) is 4.52 Å². The molecule has 0 spiro atoms. The van der Waals surface area contributed by atoms with Gasteiger partial charge in [0.2, 0.25) is 0 Å². The van der Waals surface area contributed by atoms with Crippen molar-refractivity contribution in [3.8, 4) is 11.5 Å². The van der Waals surface area contributed by atoms with Crippen molar-refractivity contribution in [1.82, 2.24) is 0 Å². The van der Waals surface area contributed by atoms with Crippen LogP contribution < -0.4 is 9.05 Å². The van der Waals surface area contributed by atoms with Gasteiger partial charge in [-0.2, -0.15) is 0 Å². The Morgan fingerprint density at radius 1 is 1.25 bits per heavy atom. The van der Waals surface area contributed by atoms with E-state index < -0.39 is 8.60 Å². The van der Waals surface area contributed by atoms with E-state index >= 15 is 0 Å². The third kappa shape index (κ3) is 1.38. The van der Waals surface area contributed by atoms with Gasteiger partial charge in [-0.15, -0.1) is 0 Å². The van der Waals surface area contributed by atoms with E-state index in [9.17, 15) is 0 Å². The van der Waals surface area contributed by atoms with E-state index in [1.54, 1.807) is 0 Å². The molecule has 2 rings (SSSR count). The molecule has 0 bridgehead atoms. The molecule has 1 aliphatic heterocycles. The Morgan fingerprint density at radius 2 is 1.83 bits per heavy atom. The fraction of sp³-hybridized carbons (Fsp3) is 0.250. The molecule has 1 aromatic carbocycles. The van der Waals surface area contributed by atoms with Gasteiger partial charge in [0.25, 0.3) is 0 Å². The number of para-hydroxylation sites is 2. The van der Waals surface area contributed by atoms with E-state index in [1.807, 2.05) is 31.2 Å². The number of rotatable bonds is 2. The minimum atomic E-state index is -1.17. The first-order valence-corrected chi connectivity index (χ1v) is 4.87. The summed E-state index contributed by atoms with van der Waals surface area (Å²) in [5, 5.41) is 0. The van der Waals surface area contributed by atoms with Gasteiger partial charge >= 0.3 is 8.60 Å². The fourth-order valence-corrected chi connectivity index (χ4v) is 1.91. The molecule has 12 heavy (non-hydrogen) atoms. The largest absolute Gasteiger partial charge is 0.463 e. The van der Waals surface area contributed by atoms with Gasteiger partial charge < -0.3 is 9.05 Å². The van der Waals surface area contributed by atoms with Crippen LogP contribution in [0, 0.1) is 0 Å². The van der Waals surface area contributed by atoms with E-state index in [2.05, 4.69) is 0 Å². The molecular weight excluding hydrogens is 175 g/mol. The molecular formula is C8H9O3P. The minimum absolute atomic E-state index is 0.611. The normalized spacial score (nSPS) is 15.1. The van der Waals surface area contributed by atoms with Crippen molar-refractivity contribution < 1.29 is 13.6 Å². The number of benzene rings is 1. The summed E-state index contributed by atoms with van der Waals surface area (Å²) in [6.07, 6.45) is 0. The predicted molar refractivity (Wildman–Crippen MR) is 46.2 cm³/mol. The van der Waals surface area contributed by atoms with Crippen LogP contribution in [0.2, 0.25) is 0 Å². The Morgan fingerprint density at radius 3 is 2.33 bits per heavy atom. The Bertz CT molecular complexity index is 252. The zero-order chi connectivity index (χ0) is 8.39. The van der Waals surface area contributed by atoms with Crippen LogP contribution >= 0.6 is 8.60 Å². The molecule has 1 aliphatic rings. The van der Waals surface area contributed by atoms with Crippen molar-refractivity contribution in [2.75, 3.05) is 6.61 Å². The van der Waals surface area contributed by atoms with Gasteiger partial charge in [-0.3, -0.25) is 4.52 Å². The van der Waals surface area contributed by atoms with Crippen molar-refractivity contribution in [2.45, 2.75) is 6.92 Å². The van der Waals surface area contributed by atoms with E-state index in [1.165, 1.54) is 0 Å². The number of hydrogen-bond donors (Lipinski definition) is 0. The summed E-state index contributed by atoms with van der Waals surface area (Å²) in [5.74, 6) is 1.55. The molecule has 1 heterocycles. The monoisotopic (exact) mass is 184 g/mol. The third-order valence-corrected chi connectivity index (χ3v) is 2.59. The maximum Gasteiger partial charge on any atom is 0.463 e. The van der Waals surface area contributed by atoms with E-state index in [0.29, 0.717) is 6.61 Å². The van der Waals surface area contributed by atoms with Gasteiger partial charge in [-0.1, -0.05) is 12.1 Å². The van der Waals surface area contributed by atoms with Crippen LogP contribution in [0.5, 0.6) is 11.5 Å².